The molecule has 0 aromatic carbocycles. The Kier molecular flexibility index (Phi) is 1.64. The quantitative estimate of drug-likeness (QED) is 0.681. The standard InChI is InChI=1S/C10H10N2OS/c13-8-5-9-7(2-4-14-9)10-6(8)1-3-11-12-10/h2,4-6,11,13H,1,3H2. The summed E-state index contributed by atoms with van der Waals surface area (Å²) in [6, 6.07) is 2.07. The van der Waals surface area contributed by atoms with Crippen molar-refractivity contribution in [2.45, 2.75) is 6.42 Å². The van der Waals surface area contributed by atoms with Gasteiger partial charge in [0.15, 0.2) is 0 Å². The molecule has 0 saturated heterocycles. The monoisotopic (exact) mass is 206 g/mol. The van der Waals surface area contributed by atoms with Crippen molar-refractivity contribution in [1.82, 2.24) is 5.43 Å². The lowest BCUT2D eigenvalue weighted by molar-refractivity contribution is 0.353. The molecular formula is C10H10N2OS. The van der Waals surface area contributed by atoms with Gasteiger partial charge in [-0.2, -0.15) is 5.10 Å². The maximum atomic E-state index is 9.83. The molecule has 3 rings (SSSR count). The molecule has 1 aliphatic heterocycles. The van der Waals surface area contributed by atoms with Crippen LogP contribution < -0.4 is 5.43 Å². The number of aliphatic hydroxyl groups is 1. The zero-order valence-corrected chi connectivity index (χ0v) is 8.34. The Bertz CT molecular complexity index is 433. The summed E-state index contributed by atoms with van der Waals surface area (Å²) in [6.45, 7) is 0.839. The van der Waals surface area contributed by atoms with Crippen molar-refractivity contribution < 1.29 is 5.11 Å². The molecule has 2 heterocycles. The van der Waals surface area contributed by atoms with Crippen molar-refractivity contribution >= 4 is 23.1 Å². The number of fused-ring (bicyclic) bond motifs is 3. The van der Waals surface area contributed by atoms with Gasteiger partial charge in [0.2, 0.25) is 0 Å². The summed E-state index contributed by atoms with van der Waals surface area (Å²) in [5.74, 6) is 0.568. The molecule has 0 fully saturated rings. The lowest BCUT2D eigenvalue weighted by atomic mass is 9.87. The summed E-state index contributed by atoms with van der Waals surface area (Å²) in [5, 5.41) is 16.2. The zero-order chi connectivity index (χ0) is 9.54. The number of allylic oxidation sites excluding steroid dienone is 1. The molecule has 0 radical (unpaired) electrons. The third-order valence-corrected chi connectivity index (χ3v) is 3.55. The summed E-state index contributed by atoms with van der Waals surface area (Å²) < 4.78 is 0. The molecule has 2 aliphatic rings. The van der Waals surface area contributed by atoms with E-state index in [1.165, 1.54) is 5.56 Å². The van der Waals surface area contributed by atoms with E-state index in [4.69, 9.17) is 0 Å². The van der Waals surface area contributed by atoms with Crippen LogP contribution in [-0.4, -0.2) is 17.4 Å². The van der Waals surface area contributed by atoms with Crippen molar-refractivity contribution in [3.63, 3.8) is 0 Å². The average molecular weight is 206 g/mol. The number of thiophene rings is 1. The van der Waals surface area contributed by atoms with Crippen molar-refractivity contribution in [3.8, 4) is 0 Å². The zero-order valence-electron chi connectivity index (χ0n) is 7.53. The molecule has 0 amide bonds. The lowest BCUT2D eigenvalue weighted by Crippen LogP contribution is -2.31. The highest BCUT2D eigenvalue weighted by Crippen LogP contribution is 2.33. The van der Waals surface area contributed by atoms with Gasteiger partial charge in [0, 0.05) is 17.0 Å². The number of aliphatic hydroxyl groups excluding tert-OH is 1. The molecule has 3 nitrogen and oxygen atoms in total. The van der Waals surface area contributed by atoms with Gasteiger partial charge >= 0.3 is 0 Å². The average Bonchev–Trinajstić information content (AvgIpc) is 2.66. The number of hydrazone groups is 1. The fraction of sp³-hybridized carbons (Fsp3) is 0.300. The van der Waals surface area contributed by atoms with Crippen molar-refractivity contribution in [3.05, 3.63) is 27.6 Å². The summed E-state index contributed by atoms with van der Waals surface area (Å²) >= 11 is 1.64. The second-order valence-corrected chi connectivity index (χ2v) is 4.46. The summed E-state index contributed by atoms with van der Waals surface area (Å²) in [5.41, 5.74) is 5.15. The molecular weight excluding hydrogens is 196 g/mol. The molecule has 2 N–H and O–H groups in total. The largest absolute Gasteiger partial charge is 0.512 e. The van der Waals surface area contributed by atoms with Gasteiger partial charge < -0.3 is 10.5 Å². The molecule has 72 valence electrons. The Balaban J connectivity index is 2.20. The summed E-state index contributed by atoms with van der Waals surface area (Å²) in [6.07, 6.45) is 2.80. The van der Waals surface area contributed by atoms with E-state index in [1.807, 2.05) is 11.5 Å². The van der Waals surface area contributed by atoms with Crippen molar-refractivity contribution in [2.24, 2.45) is 11.0 Å². The van der Waals surface area contributed by atoms with Gasteiger partial charge in [0.1, 0.15) is 5.76 Å². The van der Waals surface area contributed by atoms with Crippen LogP contribution in [0, 0.1) is 5.92 Å². The molecule has 1 atom stereocenters. The predicted molar refractivity (Wildman–Crippen MR) is 57.6 cm³/mol. The normalized spacial score (nSPS) is 24.1. The lowest BCUT2D eigenvalue weighted by Gasteiger charge is -2.26. The highest BCUT2D eigenvalue weighted by Gasteiger charge is 2.30. The maximum absolute atomic E-state index is 9.83. The third kappa shape index (κ3) is 1.00. The number of hydrogen-bond donors (Lipinski definition) is 2. The van der Waals surface area contributed by atoms with Crippen LogP contribution in [0.4, 0.5) is 0 Å². The smallest absolute Gasteiger partial charge is 0.103 e. The Morgan fingerprint density at radius 3 is 3.43 bits per heavy atom. The summed E-state index contributed by atoms with van der Waals surface area (Å²) in [7, 11) is 0. The van der Waals surface area contributed by atoms with Crippen LogP contribution in [0.3, 0.4) is 0 Å². The van der Waals surface area contributed by atoms with Crippen LogP contribution in [0.1, 0.15) is 16.9 Å². The maximum Gasteiger partial charge on any atom is 0.103 e. The minimum Gasteiger partial charge on any atom is -0.512 e. The first-order chi connectivity index (χ1) is 6.86. The fourth-order valence-electron chi connectivity index (χ4n) is 1.98. The van der Waals surface area contributed by atoms with Crippen LogP contribution in [0.5, 0.6) is 0 Å². The third-order valence-electron chi connectivity index (χ3n) is 2.68. The molecule has 4 heteroatoms. The SMILES string of the molecule is OC1=Cc2sccc2C2=NNCCC12. The highest BCUT2D eigenvalue weighted by molar-refractivity contribution is 7.11. The van der Waals surface area contributed by atoms with Gasteiger partial charge in [0.25, 0.3) is 0 Å². The van der Waals surface area contributed by atoms with E-state index in [0.717, 1.165) is 23.6 Å². The minimum absolute atomic E-state index is 0.110. The molecule has 0 spiro atoms. The second-order valence-electron chi connectivity index (χ2n) is 3.51. The van der Waals surface area contributed by atoms with Crippen LogP contribution in [-0.2, 0) is 0 Å². The van der Waals surface area contributed by atoms with Gasteiger partial charge in [-0.3, -0.25) is 0 Å². The second kappa shape index (κ2) is 2.85. The molecule has 1 unspecified atom stereocenters. The Morgan fingerprint density at radius 2 is 2.50 bits per heavy atom. The molecule has 14 heavy (non-hydrogen) atoms. The van der Waals surface area contributed by atoms with Gasteiger partial charge in [-0.25, -0.2) is 0 Å². The van der Waals surface area contributed by atoms with E-state index in [0.29, 0.717) is 5.76 Å². The van der Waals surface area contributed by atoms with E-state index < -0.39 is 0 Å². The Labute approximate surface area is 85.8 Å². The number of hydrogen-bond acceptors (Lipinski definition) is 4. The topological polar surface area (TPSA) is 44.6 Å². The van der Waals surface area contributed by atoms with E-state index in [-0.39, 0.29) is 5.92 Å². The highest BCUT2D eigenvalue weighted by atomic mass is 32.1. The molecule has 1 aromatic heterocycles. The van der Waals surface area contributed by atoms with Crippen LogP contribution in [0.15, 0.2) is 22.3 Å². The van der Waals surface area contributed by atoms with E-state index in [1.54, 1.807) is 11.3 Å². The van der Waals surface area contributed by atoms with E-state index in [2.05, 4.69) is 16.6 Å². The molecule has 0 saturated carbocycles. The number of nitrogens with zero attached hydrogens (tertiary/aromatic N) is 1. The first kappa shape index (κ1) is 8.05. The van der Waals surface area contributed by atoms with Crippen LogP contribution >= 0.6 is 11.3 Å². The first-order valence-corrected chi connectivity index (χ1v) is 5.53. The van der Waals surface area contributed by atoms with Gasteiger partial charge in [-0.15, -0.1) is 11.3 Å². The van der Waals surface area contributed by atoms with Crippen LogP contribution in [0.2, 0.25) is 0 Å². The minimum atomic E-state index is 0.110. The number of rotatable bonds is 0. The fourth-order valence-corrected chi connectivity index (χ4v) is 2.82. The Hall–Kier alpha value is -1.29. The van der Waals surface area contributed by atoms with Gasteiger partial charge in [-0.05, 0) is 23.9 Å². The summed E-state index contributed by atoms with van der Waals surface area (Å²) in [4.78, 5) is 1.11. The Morgan fingerprint density at radius 1 is 1.57 bits per heavy atom. The predicted octanol–water partition coefficient (Wildman–Crippen LogP) is 1.97. The van der Waals surface area contributed by atoms with Gasteiger partial charge in [0.05, 0.1) is 11.6 Å². The van der Waals surface area contributed by atoms with Gasteiger partial charge in [-0.1, -0.05) is 0 Å². The first-order valence-electron chi connectivity index (χ1n) is 4.65. The van der Waals surface area contributed by atoms with E-state index >= 15 is 0 Å². The van der Waals surface area contributed by atoms with Crippen LogP contribution in [0.25, 0.3) is 6.08 Å². The molecule has 0 bridgehead atoms. The van der Waals surface area contributed by atoms with Crippen molar-refractivity contribution in [1.29, 1.82) is 0 Å². The van der Waals surface area contributed by atoms with Crippen molar-refractivity contribution in [2.75, 3.05) is 6.54 Å². The number of nitrogens with one attached hydrogen (secondary N) is 1. The molecule has 1 aromatic rings. The molecule has 1 aliphatic carbocycles. The van der Waals surface area contributed by atoms with E-state index in [9.17, 15) is 5.11 Å².